The average molecular weight is 286 g/mol. The third-order valence-electron chi connectivity index (χ3n) is 2.66. The minimum Gasteiger partial charge on any atom is -0.360 e. The Morgan fingerprint density at radius 3 is 2.81 bits per heavy atom. The normalized spacial score (nSPS) is 11.1. The van der Waals surface area contributed by atoms with E-state index in [1.165, 1.54) is 16.8 Å². The van der Waals surface area contributed by atoms with Crippen molar-refractivity contribution in [2.75, 3.05) is 5.32 Å². The first-order chi connectivity index (χ1) is 10.2. The molecule has 106 valence electrons. The molecule has 3 rings (SSSR count). The topological polar surface area (TPSA) is 81.7 Å². The Morgan fingerprint density at radius 1 is 1.29 bits per heavy atom. The van der Waals surface area contributed by atoms with E-state index in [1.807, 2.05) is 0 Å². The molecule has 2 aromatic heterocycles. The standard InChI is InChI=1S/C13H11FN6O/c1-9-8-12(17-21-9)15-7-6-13-16-18-19-20(13)11-4-2-10(14)3-5-11/h2-8H,1H3,(H,15,17)/b7-6+. The maximum atomic E-state index is 12.9. The number of nitrogens with one attached hydrogen (secondary N) is 1. The van der Waals surface area contributed by atoms with Crippen LogP contribution in [0.5, 0.6) is 0 Å². The highest BCUT2D eigenvalue weighted by atomic mass is 19.1. The molecule has 0 radical (unpaired) electrons. The van der Waals surface area contributed by atoms with Gasteiger partial charge in [-0.3, -0.25) is 0 Å². The molecule has 0 unspecified atom stereocenters. The summed E-state index contributed by atoms with van der Waals surface area (Å²) < 4.78 is 19.3. The molecule has 0 fully saturated rings. The van der Waals surface area contributed by atoms with Crippen LogP contribution >= 0.6 is 0 Å². The fourth-order valence-corrected chi connectivity index (χ4v) is 1.70. The van der Waals surface area contributed by atoms with E-state index in [0.717, 1.165) is 0 Å². The minimum absolute atomic E-state index is 0.313. The Balaban J connectivity index is 1.77. The Labute approximate surface area is 119 Å². The second kappa shape index (κ2) is 5.53. The third-order valence-corrected chi connectivity index (χ3v) is 2.66. The van der Waals surface area contributed by atoms with Gasteiger partial charge >= 0.3 is 0 Å². The van der Waals surface area contributed by atoms with Crippen molar-refractivity contribution in [1.29, 1.82) is 0 Å². The SMILES string of the molecule is Cc1cc(N/C=C/c2nnnn2-c2ccc(F)cc2)no1. The zero-order chi connectivity index (χ0) is 14.7. The highest BCUT2D eigenvalue weighted by Crippen LogP contribution is 2.11. The van der Waals surface area contributed by atoms with Gasteiger partial charge in [-0.2, -0.15) is 4.68 Å². The van der Waals surface area contributed by atoms with Gasteiger partial charge in [-0.05, 0) is 41.6 Å². The monoisotopic (exact) mass is 286 g/mol. The van der Waals surface area contributed by atoms with Crippen molar-refractivity contribution in [3.63, 3.8) is 0 Å². The van der Waals surface area contributed by atoms with Crippen LogP contribution in [0.15, 0.2) is 41.1 Å². The zero-order valence-corrected chi connectivity index (χ0v) is 11.1. The summed E-state index contributed by atoms with van der Waals surface area (Å²) in [4.78, 5) is 0. The van der Waals surface area contributed by atoms with E-state index >= 15 is 0 Å². The van der Waals surface area contributed by atoms with Crippen molar-refractivity contribution >= 4 is 11.9 Å². The first kappa shape index (κ1) is 13.0. The minimum atomic E-state index is -0.313. The molecule has 7 nitrogen and oxygen atoms in total. The number of halogens is 1. The first-order valence-corrected chi connectivity index (χ1v) is 6.13. The van der Waals surface area contributed by atoms with E-state index in [9.17, 15) is 4.39 Å². The summed E-state index contributed by atoms with van der Waals surface area (Å²) in [5.41, 5.74) is 0.665. The Bertz CT molecular complexity index is 761. The van der Waals surface area contributed by atoms with Crippen LogP contribution in [-0.4, -0.2) is 25.4 Å². The summed E-state index contributed by atoms with van der Waals surface area (Å²) in [7, 11) is 0. The summed E-state index contributed by atoms with van der Waals surface area (Å²) in [6.45, 7) is 1.80. The number of hydrogen-bond acceptors (Lipinski definition) is 6. The molecule has 0 spiro atoms. The summed E-state index contributed by atoms with van der Waals surface area (Å²) >= 11 is 0. The predicted octanol–water partition coefficient (Wildman–Crippen LogP) is 2.18. The highest BCUT2D eigenvalue weighted by molar-refractivity contribution is 5.49. The first-order valence-electron chi connectivity index (χ1n) is 6.13. The number of aryl methyl sites for hydroxylation is 1. The fraction of sp³-hybridized carbons (Fsp3) is 0.0769. The molecule has 0 aliphatic carbocycles. The average Bonchev–Trinajstić information content (AvgIpc) is 3.09. The number of aromatic nitrogens is 5. The molecule has 8 heteroatoms. The van der Waals surface area contributed by atoms with Gasteiger partial charge in [-0.1, -0.05) is 5.16 Å². The molecule has 0 bridgehead atoms. The predicted molar refractivity (Wildman–Crippen MR) is 73.0 cm³/mol. The maximum Gasteiger partial charge on any atom is 0.181 e. The van der Waals surface area contributed by atoms with E-state index in [-0.39, 0.29) is 5.82 Å². The summed E-state index contributed by atoms with van der Waals surface area (Å²) in [5, 5.41) is 18.1. The van der Waals surface area contributed by atoms with Crippen LogP contribution in [0.3, 0.4) is 0 Å². The third kappa shape index (κ3) is 2.94. The molecule has 1 aromatic carbocycles. The van der Waals surface area contributed by atoms with Crippen molar-refractivity contribution in [1.82, 2.24) is 25.4 Å². The van der Waals surface area contributed by atoms with Crippen LogP contribution in [0.1, 0.15) is 11.6 Å². The van der Waals surface area contributed by atoms with Crippen molar-refractivity contribution in [3.8, 4) is 5.69 Å². The Hall–Kier alpha value is -3.03. The summed E-state index contributed by atoms with van der Waals surface area (Å²) in [6.07, 6.45) is 3.32. The van der Waals surface area contributed by atoms with Gasteiger partial charge in [0.1, 0.15) is 11.6 Å². The van der Waals surface area contributed by atoms with Crippen LogP contribution < -0.4 is 5.32 Å². The fourth-order valence-electron chi connectivity index (χ4n) is 1.70. The molecule has 0 saturated carbocycles. The molecule has 0 saturated heterocycles. The van der Waals surface area contributed by atoms with E-state index < -0.39 is 0 Å². The lowest BCUT2D eigenvalue weighted by Crippen LogP contribution is -2.00. The lowest BCUT2D eigenvalue weighted by Gasteiger charge is -2.01. The molecule has 2 heterocycles. The largest absolute Gasteiger partial charge is 0.360 e. The Morgan fingerprint density at radius 2 is 2.10 bits per heavy atom. The van der Waals surface area contributed by atoms with Crippen molar-refractivity contribution < 1.29 is 8.91 Å². The van der Waals surface area contributed by atoms with Crippen molar-refractivity contribution in [3.05, 3.63) is 53.9 Å². The molecule has 0 amide bonds. The lowest BCUT2D eigenvalue weighted by atomic mass is 10.3. The maximum absolute atomic E-state index is 12.9. The number of tetrazole rings is 1. The van der Waals surface area contributed by atoms with E-state index in [2.05, 4.69) is 26.0 Å². The quantitative estimate of drug-likeness (QED) is 0.791. The van der Waals surface area contributed by atoms with Gasteiger partial charge in [0.25, 0.3) is 0 Å². The molecule has 1 N–H and O–H groups in total. The second-order valence-electron chi connectivity index (χ2n) is 4.23. The Kier molecular flexibility index (Phi) is 3.42. The summed E-state index contributed by atoms with van der Waals surface area (Å²) in [6, 6.07) is 7.64. The van der Waals surface area contributed by atoms with Crippen LogP contribution in [0.4, 0.5) is 10.2 Å². The van der Waals surface area contributed by atoms with E-state index in [4.69, 9.17) is 4.52 Å². The molecule has 0 atom stereocenters. The number of benzene rings is 1. The van der Waals surface area contributed by atoms with Gasteiger partial charge in [0.15, 0.2) is 11.6 Å². The van der Waals surface area contributed by atoms with Gasteiger partial charge < -0.3 is 9.84 Å². The van der Waals surface area contributed by atoms with Gasteiger partial charge in [0.05, 0.1) is 5.69 Å². The van der Waals surface area contributed by atoms with Gasteiger partial charge in [0, 0.05) is 18.3 Å². The van der Waals surface area contributed by atoms with Gasteiger partial charge in [-0.15, -0.1) is 5.10 Å². The molecule has 0 aliphatic heterocycles. The van der Waals surface area contributed by atoms with Gasteiger partial charge in [-0.25, -0.2) is 4.39 Å². The van der Waals surface area contributed by atoms with Crippen LogP contribution in [0.25, 0.3) is 11.8 Å². The molecule has 0 aliphatic rings. The number of anilines is 1. The van der Waals surface area contributed by atoms with Crippen molar-refractivity contribution in [2.24, 2.45) is 0 Å². The molecule has 3 aromatic rings. The van der Waals surface area contributed by atoms with E-state index in [0.29, 0.717) is 23.1 Å². The van der Waals surface area contributed by atoms with E-state index in [1.54, 1.807) is 37.4 Å². The molecule has 21 heavy (non-hydrogen) atoms. The van der Waals surface area contributed by atoms with Crippen molar-refractivity contribution in [2.45, 2.75) is 6.92 Å². The van der Waals surface area contributed by atoms with Crippen LogP contribution in [-0.2, 0) is 0 Å². The molecular weight excluding hydrogens is 275 g/mol. The zero-order valence-electron chi connectivity index (χ0n) is 11.1. The van der Waals surface area contributed by atoms with Crippen LogP contribution in [0.2, 0.25) is 0 Å². The number of hydrogen-bond donors (Lipinski definition) is 1. The summed E-state index contributed by atoms with van der Waals surface area (Å²) in [5.74, 6) is 1.48. The second-order valence-corrected chi connectivity index (χ2v) is 4.23. The van der Waals surface area contributed by atoms with Crippen LogP contribution in [0, 0.1) is 12.7 Å². The van der Waals surface area contributed by atoms with Gasteiger partial charge in [0.2, 0.25) is 0 Å². The molecular formula is C13H11FN6O. The number of rotatable bonds is 4. The smallest absolute Gasteiger partial charge is 0.181 e. The lowest BCUT2D eigenvalue weighted by molar-refractivity contribution is 0.400. The highest BCUT2D eigenvalue weighted by Gasteiger charge is 2.05. The number of nitrogens with zero attached hydrogens (tertiary/aromatic N) is 5.